The van der Waals surface area contributed by atoms with Crippen LogP contribution in [0, 0.1) is 0 Å². The van der Waals surface area contributed by atoms with Crippen molar-refractivity contribution < 1.29 is 18.7 Å². The van der Waals surface area contributed by atoms with E-state index in [1.807, 2.05) is 31.2 Å². The number of thioether (sulfide) groups is 1. The molecule has 9 heteroatoms. The summed E-state index contributed by atoms with van der Waals surface area (Å²) in [5.74, 6) is 1.50. The molecule has 0 saturated heterocycles. The van der Waals surface area contributed by atoms with Gasteiger partial charge in [0.1, 0.15) is 16.5 Å². The lowest BCUT2D eigenvalue weighted by atomic mass is 10.1. The summed E-state index contributed by atoms with van der Waals surface area (Å²) < 4.78 is 17.4. The van der Waals surface area contributed by atoms with Crippen LogP contribution in [0.1, 0.15) is 23.2 Å². The quantitative estimate of drug-likeness (QED) is 0.289. The fourth-order valence-electron chi connectivity index (χ4n) is 2.89. The summed E-state index contributed by atoms with van der Waals surface area (Å²) in [6.45, 7) is 2.47. The van der Waals surface area contributed by atoms with Crippen molar-refractivity contribution in [2.24, 2.45) is 0 Å². The number of furan rings is 1. The van der Waals surface area contributed by atoms with E-state index in [9.17, 15) is 4.79 Å². The molecule has 7 nitrogen and oxygen atoms in total. The van der Waals surface area contributed by atoms with Gasteiger partial charge in [0.25, 0.3) is 0 Å². The standard InChI is InChI=1S/C21H18ClN3O4S/c1-3-28-18-6-4-13(10-15(18)22)16-11-17-20(23-8-9-25(17)24-16)30-12-14-5-7-19(29-14)21(26)27-2/h4-11H,3,12H2,1-2H3. The summed E-state index contributed by atoms with van der Waals surface area (Å²) in [7, 11) is 1.32. The minimum atomic E-state index is -0.499. The van der Waals surface area contributed by atoms with Crippen molar-refractivity contribution in [3.8, 4) is 17.0 Å². The molecule has 0 spiro atoms. The van der Waals surface area contributed by atoms with E-state index in [1.54, 1.807) is 29.0 Å². The SMILES string of the molecule is CCOc1ccc(-c2cc3c(SCc4ccc(C(=O)OC)o4)nccn3n2)cc1Cl. The van der Waals surface area contributed by atoms with E-state index in [0.29, 0.717) is 28.9 Å². The fraction of sp³-hybridized carbons (Fsp3) is 0.190. The van der Waals surface area contributed by atoms with E-state index in [4.69, 9.17) is 20.8 Å². The zero-order valence-corrected chi connectivity index (χ0v) is 17.9. The molecule has 3 heterocycles. The average Bonchev–Trinajstić information content (AvgIpc) is 3.40. The number of fused-ring (bicyclic) bond motifs is 1. The Morgan fingerprint density at radius 1 is 1.27 bits per heavy atom. The molecule has 0 amide bonds. The van der Waals surface area contributed by atoms with E-state index >= 15 is 0 Å². The van der Waals surface area contributed by atoms with E-state index in [-0.39, 0.29) is 5.76 Å². The molecule has 0 unspecified atom stereocenters. The van der Waals surface area contributed by atoms with Crippen LogP contribution in [-0.2, 0) is 10.5 Å². The highest BCUT2D eigenvalue weighted by molar-refractivity contribution is 7.98. The van der Waals surface area contributed by atoms with Crippen LogP contribution < -0.4 is 4.74 Å². The van der Waals surface area contributed by atoms with Gasteiger partial charge in [0, 0.05) is 18.0 Å². The first-order valence-corrected chi connectivity index (χ1v) is 10.5. The molecular weight excluding hydrogens is 426 g/mol. The number of methoxy groups -OCH3 is 1. The van der Waals surface area contributed by atoms with Crippen LogP contribution in [0.5, 0.6) is 5.75 Å². The normalized spacial score (nSPS) is 11.0. The third-order valence-electron chi connectivity index (χ3n) is 4.28. The minimum Gasteiger partial charge on any atom is -0.492 e. The van der Waals surface area contributed by atoms with Gasteiger partial charge in [0.2, 0.25) is 5.76 Å². The van der Waals surface area contributed by atoms with Crippen molar-refractivity contribution in [1.82, 2.24) is 14.6 Å². The fourth-order valence-corrected chi connectivity index (χ4v) is 3.99. The summed E-state index contributed by atoms with van der Waals surface area (Å²) >= 11 is 7.81. The second kappa shape index (κ2) is 8.81. The van der Waals surface area contributed by atoms with Gasteiger partial charge in [-0.1, -0.05) is 23.4 Å². The molecule has 0 aliphatic carbocycles. The van der Waals surface area contributed by atoms with Crippen molar-refractivity contribution in [3.63, 3.8) is 0 Å². The number of carbonyl (C=O) groups is 1. The van der Waals surface area contributed by atoms with Gasteiger partial charge in [-0.25, -0.2) is 14.3 Å². The number of hydrogen-bond donors (Lipinski definition) is 0. The number of aromatic nitrogens is 3. The lowest BCUT2D eigenvalue weighted by Crippen LogP contribution is -1.98. The first-order valence-electron chi connectivity index (χ1n) is 9.16. The lowest BCUT2D eigenvalue weighted by molar-refractivity contribution is 0.0563. The molecule has 4 rings (SSSR count). The molecule has 0 saturated carbocycles. The van der Waals surface area contributed by atoms with Gasteiger partial charge >= 0.3 is 5.97 Å². The summed E-state index contributed by atoms with van der Waals surface area (Å²) in [4.78, 5) is 16.0. The predicted octanol–water partition coefficient (Wildman–Crippen LogP) is 5.12. The molecule has 0 aliphatic heterocycles. The predicted molar refractivity (Wildman–Crippen MR) is 114 cm³/mol. The monoisotopic (exact) mass is 443 g/mol. The maximum absolute atomic E-state index is 11.5. The van der Waals surface area contributed by atoms with Crippen molar-refractivity contribution in [2.75, 3.05) is 13.7 Å². The number of halogens is 1. The van der Waals surface area contributed by atoms with Gasteiger partial charge in [-0.15, -0.1) is 0 Å². The topological polar surface area (TPSA) is 78.9 Å². The summed E-state index contributed by atoms with van der Waals surface area (Å²) in [5.41, 5.74) is 2.53. The molecule has 1 aromatic carbocycles. The molecule has 0 atom stereocenters. The zero-order valence-electron chi connectivity index (χ0n) is 16.3. The Morgan fingerprint density at radius 2 is 2.13 bits per heavy atom. The van der Waals surface area contributed by atoms with Gasteiger partial charge in [-0.05, 0) is 43.3 Å². The Labute approximate surface area is 182 Å². The van der Waals surface area contributed by atoms with Crippen LogP contribution in [0.2, 0.25) is 5.02 Å². The van der Waals surface area contributed by atoms with Crippen LogP contribution in [0.4, 0.5) is 0 Å². The van der Waals surface area contributed by atoms with E-state index in [0.717, 1.165) is 21.8 Å². The second-order valence-corrected chi connectivity index (χ2v) is 7.59. The maximum Gasteiger partial charge on any atom is 0.373 e. The molecule has 0 N–H and O–H groups in total. The highest BCUT2D eigenvalue weighted by Crippen LogP contribution is 2.32. The van der Waals surface area contributed by atoms with Gasteiger partial charge in [-0.2, -0.15) is 5.10 Å². The van der Waals surface area contributed by atoms with Crippen LogP contribution in [0.25, 0.3) is 16.8 Å². The molecule has 0 bridgehead atoms. The summed E-state index contributed by atoms with van der Waals surface area (Å²) in [6.07, 6.45) is 3.49. The Hall–Kier alpha value is -2.97. The number of carbonyl (C=O) groups excluding carboxylic acids is 1. The van der Waals surface area contributed by atoms with Gasteiger partial charge in [-0.3, -0.25) is 0 Å². The third kappa shape index (κ3) is 4.15. The molecule has 0 radical (unpaired) electrons. The Morgan fingerprint density at radius 3 is 2.90 bits per heavy atom. The molecule has 0 fully saturated rings. The number of nitrogens with zero attached hydrogens (tertiary/aromatic N) is 3. The van der Waals surface area contributed by atoms with E-state index < -0.39 is 5.97 Å². The van der Waals surface area contributed by atoms with E-state index in [1.165, 1.54) is 18.9 Å². The third-order valence-corrected chi connectivity index (χ3v) is 5.59. The van der Waals surface area contributed by atoms with Crippen LogP contribution in [0.3, 0.4) is 0 Å². The number of esters is 1. The first kappa shape index (κ1) is 20.3. The smallest absolute Gasteiger partial charge is 0.373 e. The zero-order chi connectivity index (χ0) is 21.1. The number of hydrogen-bond acceptors (Lipinski definition) is 7. The summed E-state index contributed by atoms with van der Waals surface area (Å²) in [6, 6.07) is 10.9. The number of rotatable bonds is 7. The van der Waals surface area contributed by atoms with Gasteiger partial charge in [0.15, 0.2) is 0 Å². The van der Waals surface area contributed by atoms with Gasteiger partial charge < -0.3 is 13.9 Å². The lowest BCUT2D eigenvalue weighted by Gasteiger charge is -2.06. The van der Waals surface area contributed by atoms with Crippen molar-refractivity contribution >= 4 is 34.8 Å². The molecular formula is C21H18ClN3O4S. The largest absolute Gasteiger partial charge is 0.492 e. The molecule has 0 aliphatic rings. The minimum absolute atomic E-state index is 0.179. The second-order valence-electron chi connectivity index (χ2n) is 6.22. The van der Waals surface area contributed by atoms with Gasteiger partial charge in [0.05, 0.1) is 35.7 Å². The van der Waals surface area contributed by atoms with Crippen LogP contribution in [-0.4, -0.2) is 34.3 Å². The number of benzene rings is 1. The van der Waals surface area contributed by atoms with Crippen molar-refractivity contribution in [1.29, 1.82) is 0 Å². The van der Waals surface area contributed by atoms with Crippen molar-refractivity contribution in [2.45, 2.75) is 17.7 Å². The Balaban J connectivity index is 1.57. The first-order chi connectivity index (χ1) is 14.6. The highest BCUT2D eigenvalue weighted by atomic mass is 35.5. The molecule has 154 valence electrons. The Bertz CT molecular complexity index is 1200. The number of ether oxygens (including phenoxy) is 2. The van der Waals surface area contributed by atoms with E-state index in [2.05, 4.69) is 14.8 Å². The highest BCUT2D eigenvalue weighted by Gasteiger charge is 2.14. The molecule has 4 aromatic rings. The molecule has 30 heavy (non-hydrogen) atoms. The van der Waals surface area contributed by atoms with Crippen LogP contribution >= 0.6 is 23.4 Å². The summed E-state index contributed by atoms with van der Waals surface area (Å²) in [5, 5.41) is 5.97. The van der Waals surface area contributed by atoms with Crippen molar-refractivity contribution in [3.05, 3.63) is 65.3 Å². The van der Waals surface area contributed by atoms with Crippen LogP contribution in [0.15, 0.2) is 58.2 Å². The maximum atomic E-state index is 11.5. The molecule has 3 aromatic heterocycles. The Kier molecular flexibility index (Phi) is 5.96. The average molecular weight is 444 g/mol.